The Hall–Kier alpha value is -2.80. The second-order valence-corrected chi connectivity index (χ2v) is 5.87. The first-order chi connectivity index (χ1) is 12.3. The van der Waals surface area contributed by atoms with Crippen molar-refractivity contribution in [2.45, 2.75) is 13.0 Å². The Balaban J connectivity index is 2.22. The molecule has 0 spiro atoms. The molecule has 0 fully saturated rings. The Morgan fingerprint density at radius 1 is 1.31 bits per heavy atom. The molecule has 2 amide bonds. The van der Waals surface area contributed by atoms with Gasteiger partial charge in [0.2, 0.25) is 0 Å². The lowest BCUT2D eigenvalue weighted by molar-refractivity contribution is -0.119. The van der Waals surface area contributed by atoms with Gasteiger partial charge in [0.05, 0.1) is 18.2 Å². The molecule has 0 radical (unpaired) electrons. The quantitative estimate of drug-likeness (QED) is 0.772. The molecule has 0 saturated carbocycles. The molecule has 2 rings (SSSR count). The maximum Gasteiger partial charge on any atom is 0.255 e. The number of primary amides is 1. The average molecular weight is 381 g/mol. The highest BCUT2D eigenvalue weighted by Gasteiger charge is 2.19. The van der Waals surface area contributed by atoms with Gasteiger partial charge >= 0.3 is 0 Å². The number of ether oxygens (including phenoxy) is 2. The average Bonchev–Trinajstić information content (AvgIpc) is 2.60. The number of nitrogens with two attached hydrogens (primary N) is 1. The fraction of sp³-hybridized carbons (Fsp3) is 0.222. The van der Waals surface area contributed by atoms with Gasteiger partial charge in [-0.15, -0.1) is 0 Å². The molecule has 0 aromatic heterocycles. The monoisotopic (exact) mass is 380 g/mol. The summed E-state index contributed by atoms with van der Waals surface area (Å²) in [5.41, 5.74) is 5.60. The highest BCUT2D eigenvalue weighted by atomic mass is 35.5. The molecule has 0 aliphatic heterocycles. The van der Waals surface area contributed by atoms with Crippen molar-refractivity contribution in [3.05, 3.63) is 58.4 Å². The number of halogens is 2. The van der Waals surface area contributed by atoms with Gasteiger partial charge in [-0.05, 0) is 25.1 Å². The standard InChI is InChI=1S/C18H18ClFN2O4/c1-10(12-5-3-4-6-14(12)20)22-18(24)11-7-13(19)17(15(8-11)25-2)26-9-16(21)23/h3-8,10H,9H2,1-2H3,(H2,21,23)(H,22,24)/t10-/m1/s1. The minimum atomic E-state index is -0.677. The summed E-state index contributed by atoms with van der Waals surface area (Å²) in [4.78, 5) is 23.3. The molecular weight excluding hydrogens is 363 g/mol. The molecule has 0 aliphatic carbocycles. The third-order valence-corrected chi connectivity index (χ3v) is 3.85. The molecule has 6 nitrogen and oxygen atoms in total. The third kappa shape index (κ3) is 4.64. The van der Waals surface area contributed by atoms with Crippen LogP contribution in [0, 0.1) is 5.82 Å². The minimum Gasteiger partial charge on any atom is -0.493 e. The van der Waals surface area contributed by atoms with Crippen LogP contribution >= 0.6 is 11.6 Å². The largest absolute Gasteiger partial charge is 0.493 e. The number of rotatable bonds is 7. The van der Waals surface area contributed by atoms with E-state index in [4.69, 9.17) is 26.8 Å². The van der Waals surface area contributed by atoms with Gasteiger partial charge in [-0.25, -0.2) is 4.39 Å². The zero-order valence-corrected chi connectivity index (χ0v) is 15.0. The molecule has 138 valence electrons. The summed E-state index contributed by atoms with van der Waals surface area (Å²) < 4.78 is 24.2. The number of amides is 2. The lowest BCUT2D eigenvalue weighted by Crippen LogP contribution is -2.27. The summed E-state index contributed by atoms with van der Waals surface area (Å²) in [7, 11) is 1.37. The molecule has 0 saturated heterocycles. The predicted octanol–water partition coefficient (Wildman–Crippen LogP) is 2.84. The Kier molecular flexibility index (Phi) is 6.41. The van der Waals surface area contributed by atoms with Gasteiger partial charge in [0.25, 0.3) is 11.8 Å². The topological polar surface area (TPSA) is 90.7 Å². The maximum absolute atomic E-state index is 13.8. The summed E-state index contributed by atoms with van der Waals surface area (Å²) in [6, 6.07) is 8.39. The third-order valence-electron chi connectivity index (χ3n) is 3.57. The normalized spacial score (nSPS) is 11.5. The van der Waals surface area contributed by atoms with Gasteiger partial charge in [-0.2, -0.15) is 0 Å². The second kappa shape index (κ2) is 8.53. The van der Waals surface area contributed by atoms with Crippen LogP contribution in [0.3, 0.4) is 0 Å². The van der Waals surface area contributed by atoms with Gasteiger partial charge < -0.3 is 20.5 Å². The van der Waals surface area contributed by atoms with Crippen molar-refractivity contribution in [1.29, 1.82) is 0 Å². The molecular formula is C18H18ClFN2O4. The van der Waals surface area contributed by atoms with Gasteiger partial charge in [0.15, 0.2) is 18.1 Å². The highest BCUT2D eigenvalue weighted by Crippen LogP contribution is 2.36. The smallest absolute Gasteiger partial charge is 0.255 e. The summed E-state index contributed by atoms with van der Waals surface area (Å²) in [6.07, 6.45) is 0. The Morgan fingerprint density at radius 2 is 2.00 bits per heavy atom. The first kappa shape index (κ1) is 19.5. The molecule has 0 unspecified atom stereocenters. The van der Waals surface area contributed by atoms with Gasteiger partial charge in [-0.1, -0.05) is 29.8 Å². The van der Waals surface area contributed by atoms with Crippen LogP contribution in [0.2, 0.25) is 5.02 Å². The number of carbonyl (C=O) groups excluding carboxylic acids is 2. The van der Waals surface area contributed by atoms with Gasteiger partial charge in [0.1, 0.15) is 5.82 Å². The molecule has 2 aromatic rings. The number of benzene rings is 2. The van der Waals surface area contributed by atoms with Crippen LogP contribution < -0.4 is 20.5 Å². The van der Waals surface area contributed by atoms with Crippen LogP contribution in [-0.4, -0.2) is 25.5 Å². The predicted molar refractivity (Wildman–Crippen MR) is 95.0 cm³/mol. The summed E-state index contributed by atoms with van der Waals surface area (Å²) in [6.45, 7) is 1.28. The first-order valence-electron chi connectivity index (χ1n) is 7.67. The Labute approximate surface area is 155 Å². The van der Waals surface area contributed by atoms with Crippen molar-refractivity contribution in [3.8, 4) is 11.5 Å². The molecule has 3 N–H and O–H groups in total. The van der Waals surface area contributed by atoms with E-state index in [2.05, 4.69) is 5.32 Å². The molecule has 1 atom stereocenters. The van der Waals surface area contributed by atoms with E-state index < -0.39 is 23.7 Å². The number of hydrogen-bond acceptors (Lipinski definition) is 4. The van der Waals surface area contributed by atoms with E-state index in [1.807, 2.05) is 0 Å². The van der Waals surface area contributed by atoms with Crippen molar-refractivity contribution in [1.82, 2.24) is 5.32 Å². The Morgan fingerprint density at radius 3 is 2.62 bits per heavy atom. The van der Waals surface area contributed by atoms with Crippen molar-refractivity contribution >= 4 is 23.4 Å². The molecule has 0 bridgehead atoms. The summed E-state index contributed by atoms with van der Waals surface area (Å²) >= 11 is 6.12. The van der Waals surface area contributed by atoms with Crippen molar-refractivity contribution in [3.63, 3.8) is 0 Å². The molecule has 8 heteroatoms. The zero-order chi connectivity index (χ0) is 19.3. The molecule has 0 heterocycles. The van der Waals surface area contributed by atoms with Crippen LogP contribution in [0.25, 0.3) is 0 Å². The highest BCUT2D eigenvalue weighted by molar-refractivity contribution is 6.32. The number of nitrogens with one attached hydrogen (secondary N) is 1. The molecule has 0 aliphatic rings. The van der Waals surface area contributed by atoms with E-state index in [-0.39, 0.29) is 28.7 Å². The van der Waals surface area contributed by atoms with Crippen LogP contribution in [0.4, 0.5) is 4.39 Å². The molecule has 26 heavy (non-hydrogen) atoms. The first-order valence-corrected chi connectivity index (χ1v) is 8.05. The van der Waals surface area contributed by atoms with Crippen LogP contribution in [0.5, 0.6) is 11.5 Å². The zero-order valence-electron chi connectivity index (χ0n) is 14.2. The SMILES string of the molecule is COc1cc(C(=O)N[C@H](C)c2ccccc2F)cc(Cl)c1OCC(N)=O. The number of carbonyl (C=O) groups is 2. The second-order valence-electron chi connectivity index (χ2n) is 5.46. The fourth-order valence-corrected chi connectivity index (χ4v) is 2.58. The van der Waals surface area contributed by atoms with E-state index in [0.717, 1.165) is 0 Å². The van der Waals surface area contributed by atoms with Crippen LogP contribution in [0.1, 0.15) is 28.9 Å². The Bertz CT molecular complexity index is 829. The van der Waals surface area contributed by atoms with E-state index in [0.29, 0.717) is 5.56 Å². The number of methoxy groups -OCH3 is 1. The maximum atomic E-state index is 13.8. The summed E-state index contributed by atoms with van der Waals surface area (Å²) in [5, 5.41) is 2.77. The van der Waals surface area contributed by atoms with Crippen LogP contribution in [-0.2, 0) is 4.79 Å². The van der Waals surface area contributed by atoms with E-state index in [1.165, 1.54) is 25.3 Å². The van der Waals surface area contributed by atoms with Crippen molar-refractivity contribution in [2.24, 2.45) is 5.73 Å². The van der Waals surface area contributed by atoms with Crippen molar-refractivity contribution < 1.29 is 23.5 Å². The van der Waals surface area contributed by atoms with Gasteiger partial charge in [-0.3, -0.25) is 9.59 Å². The van der Waals surface area contributed by atoms with Gasteiger partial charge in [0, 0.05) is 11.1 Å². The van der Waals surface area contributed by atoms with Crippen molar-refractivity contribution in [2.75, 3.05) is 13.7 Å². The summed E-state index contributed by atoms with van der Waals surface area (Å²) in [5.74, 6) is -1.29. The van der Waals surface area contributed by atoms with E-state index in [9.17, 15) is 14.0 Å². The lowest BCUT2D eigenvalue weighted by atomic mass is 10.1. The molecule has 2 aromatic carbocycles. The number of hydrogen-bond donors (Lipinski definition) is 2. The lowest BCUT2D eigenvalue weighted by Gasteiger charge is -2.17. The van der Waals surface area contributed by atoms with E-state index in [1.54, 1.807) is 25.1 Å². The van der Waals surface area contributed by atoms with Crippen LogP contribution in [0.15, 0.2) is 36.4 Å². The van der Waals surface area contributed by atoms with E-state index >= 15 is 0 Å². The fourth-order valence-electron chi connectivity index (χ4n) is 2.32. The minimum absolute atomic E-state index is 0.0781.